The first kappa shape index (κ1) is 16.8. The van der Waals surface area contributed by atoms with Crippen molar-refractivity contribution in [3.05, 3.63) is 29.8 Å². The molecule has 1 aliphatic heterocycles. The zero-order valence-electron chi connectivity index (χ0n) is 13.1. The van der Waals surface area contributed by atoms with Crippen molar-refractivity contribution < 1.29 is 17.9 Å². The van der Waals surface area contributed by atoms with Crippen molar-refractivity contribution in [1.29, 1.82) is 0 Å². The molecule has 0 spiro atoms. The van der Waals surface area contributed by atoms with Crippen molar-refractivity contribution in [2.24, 2.45) is 0 Å². The topological polar surface area (TPSA) is 63.7 Å². The van der Waals surface area contributed by atoms with E-state index in [-0.39, 0.29) is 29.9 Å². The maximum Gasteiger partial charge on any atom is 0.226 e. The van der Waals surface area contributed by atoms with E-state index >= 15 is 0 Å². The van der Waals surface area contributed by atoms with Gasteiger partial charge in [0, 0.05) is 12.6 Å². The molecule has 1 fully saturated rings. The molecule has 0 saturated carbocycles. The molecule has 0 aromatic heterocycles. The average molecular weight is 325 g/mol. The fraction of sp³-hybridized carbons (Fsp3) is 0.562. The number of benzene rings is 1. The Labute approximate surface area is 132 Å². The van der Waals surface area contributed by atoms with E-state index in [2.05, 4.69) is 0 Å². The van der Waals surface area contributed by atoms with Gasteiger partial charge in [0.15, 0.2) is 9.84 Å². The first-order valence-corrected chi connectivity index (χ1v) is 9.43. The summed E-state index contributed by atoms with van der Waals surface area (Å²) < 4.78 is 28.7. The highest BCUT2D eigenvalue weighted by Crippen LogP contribution is 2.19. The average Bonchev–Trinajstić information content (AvgIpc) is 2.80. The molecule has 22 heavy (non-hydrogen) atoms. The van der Waals surface area contributed by atoms with Crippen molar-refractivity contribution in [1.82, 2.24) is 4.90 Å². The third-order valence-electron chi connectivity index (χ3n) is 3.88. The van der Waals surface area contributed by atoms with Crippen LogP contribution in [0.5, 0.6) is 5.75 Å². The van der Waals surface area contributed by atoms with Crippen LogP contribution in [0.3, 0.4) is 0 Å². The lowest BCUT2D eigenvalue weighted by molar-refractivity contribution is -0.133. The van der Waals surface area contributed by atoms with Crippen molar-refractivity contribution in [3.8, 4) is 5.75 Å². The summed E-state index contributed by atoms with van der Waals surface area (Å²) in [6.07, 6.45) is 0.805. The SMILES string of the molecule is CCN(C(=O)CCOc1cccc(C)c1)C1CCS(=O)(=O)C1. The highest BCUT2D eigenvalue weighted by atomic mass is 32.2. The molecule has 5 nitrogen and oxygen atoms in total. The Morgan fingerprint density at radius 3 is 2.77 bits per heavy atom. The number of aryl methyl sites for hydroxylation is 1. The van der Waals surface area contributed by atoms with E-state index in [1.54, 1.807) is 4.90 Å². The molecule has 0 aliphatic carbocycles. The number of carbonyl (C=O) groups excluding carboxylic acids is 1. The molecule has 1 atom stereocenters. The van der Waals surface area contributed by atoms with Gasteiger partial charge in [0.2, 0.25) is 5.91 Å². The normalized spacial score (nSPS) is 19.8. The number of hydrogen-bond donors (Lipinski definition) is 0. The zero-order valence-corrected chi connectivity index (χ0v) is 13.9. The molecule has 2 rings (SSSR count). The standard InChI is InChI=1S/C16H23NO4S/c1-3-17(14-8-10-22(19,20)12-14)16(18)7-9-21-15-6-4-5-13(2)11-15/h4-6,11,14H,3,7-10,12H2,1-2H3. The second kappa shape index (κ2) is 7.13. The molecule has 1 aromatic carbocycles. The number of hydrogen-bond acceptors (Lipinski definition) is 4. The predicted octanol–water partition coefficient (Wildman–Crippen LogP) is 1.80. The smallest absolute Gasteiger partial charge is 0.226 e. The molecular formula is C16H23NO4S. The molecule has 1 heterocycles. The number of nitrogens with zero attached hydrogens (tertiary/aromatic N) is 1. The fourth-order valence-electron chi connectivity index (χ4n) is 2.76. The van der Waals surface area contributed by atoms with Gasteiger partial charge in [-0.15, -0.1) is 0 Å². The summed E-state index contributed by atoms with van der Waals surface area (Å²) in [7, 11) is -2.98. The van der Waals surface area contributed by atoms with E-state index in [0.29, 0.717) is 19.6 Å². The van der Waals surface area contributed by atoms with Gasteiger partial charge in [-0.05, 0) is 38.0 Å². The minimum absolute atomic E-state index is 0.0442. The summed E-state index contributed by atoms with van der Waals surface area (Å²) in [5.41, 5.74) is 1.11. The van der Waals surface area contributed by atoms with Crippen LogP contribution in [-0.2, 0) is 14.6 Å². The maximum absolute atomic E-state index is 12.3. The second-order valence-corrected chi connectivity index (χ2v) is 7.88. The Hall–Kier alpha value is -1.56. The van der Waals surface area contributed by atoms with Gasteiger partial charge in [-0.3, -0.25) is 4.79 Å². The third-order valence-corrected chi connectivity index (χ3v) is 5.63. The summed E-state index contributed by atoms with van der Waals surface area (Å²) in [6, 6.07) is 7.50. The first-order chi connectivity index (χ1) is 10.4. The van der Waals surface area contributed by atoms with E-state index in [9.17, 15) is 13.2 Å². The largest absolute Gasteiger partial charge is 0.493 e. The Morgan fingerprint density at radius 1 is 1.41 bits per heavy atom. The lowest BCUT2D eigenvalue weighted by atomic mass is 10.2. The Bertz CT molecular complexity index is 627. The van der Waals surface area contributed by atoms with Crippen LogP contribution in [0.1, 0.15) is 25.3 Å². The van der Waals surface area contributed by atoms with Gasteiger partial charge >= 0.3 is 0 Å². The first-order valence-electron chi connectivity index (χ1n) is 7.60. The van der Waals surface area contributed by atoms with Gasteiger partial charge in [0.25, 0.3) is 0 Å². The Morgan fingerprint density at radius 2 is 2.18 bits per heavy atom. The van der Waals surface area contributed by atoms with E-state index < -0.39 is 9.84 Å². The molecular weight excluding hydrogens is 302 g/mol. The van der Waals surface area contributed by atoms with E-state index in [4.69, 9.17) is 4.74 Å². The van der Waals surface area contributed by atoms with Gasteiger partial charge in [0.1, 0.15) is 5.75 Å². The Kier molecular flexibility index (Phi) is 5.45. The van der Waals surface area contributed by atoms with Gasteiger partial charge in [-0.2, -0.15) is 0 Å². The molecule has 0 radical (unpaired) electrons. The van der Waals surface area contributed by atoms with Crippen molar-refractivity contribution in [3.63, 3.8) is 0 Å². The van der Waals surface area contributed by atoms with Gasteiger partial charge in [-0.1, -0.05) is 12.1 Å². The zero-order chi connectivity index (χ0) is 16.2. The molecule has 1 aliphatic rings. The lowest BCUT2D eigenvalue weighted by Crippen LogP contribution is -2.41. The van der Waals surface area contributed by atoms with Crippen molar-refractivity contribution in [2.75, 3.05) is 24.7 Å². The van der Waals surface area contributed by atoms with Crippen LogP contribution >= 0.6 is 0 Å². The monoisotopic (exact) mass is 325 g/mol. The van der Waals surface area contributed by atoms with Crippen molar-refractivity contribution >= 4 is 15.7 Å². The number of amides is 1. The number of rotatable bonds is 6. The van der Waals surface area contributed by atoms with E-state index in [1.165, 1.54) is 0 Å². The molecule has 122 valence electrons. The molecule has 1 unspecified atom stereocenters. The predicted molar refractivity (Wildman–Crippen MR) is 85.7 cm³/mol. The van der Waals surface area contributed by atoms with Crippen LogP contribution in [0.4, 0.5) is 0 Å². The van der Waals surface area contributed by atoms with Crippen LogP contribution in [0.25, 0.3) is 0 Å². The minimum Gasteiger partial charge on any atom is -0.493 e. The maximum atomic E-state index is 12.3. The van der Waals surface area contributed by atoms with Crippen LogP contribution in [0, 0.1) is 6.92 Å². The van der Waals surface area contributed by atoms with E-state index in [1.807, 2.05) is 38.1 Å². The summed E-state index contributed by atoms with van der Waals surface area (Å²) in [5.74, 6) is 0.976. The second-order valence-electron chi connectivity index (χ2n) is 5.65. The molecule has 0 bridgehead atoms. The van der Waals surface area contributed by atoms with Crippen LogP contribution in [-0.4, -0.2) is 49.9 Å². The van der Waals surface area contributed by atoms with Crippen LogP contribution in [0.15, 0.2) is 24.3 Å². The number of ether oxygens (including phenoxy) is 1. The summed E-state index contributed by atoms with van der Waals surface area (Å²) in [5, 5.41) is 0. The summed E-state index contributed by atoms with van der Waals surface area (Å²) in [4.78, 5) is 14.0. The summed E-state index contributed by atoms with van der Waals surface area (Å²) >= 11 is 0. The van der Waals surface area contributed by atoms with E-state index in [0.717, 1.165) is 11.3 Å². The van der Waals surface area contributed by atoms with Crippen LogP contribution < -0.4 is 4.74 Å². The summed E-state index contributed by atoms with van der Waals surface area (Å²) in [6.45, 7) is 4.70. The van der Waals surface area contributed by atoms with Gasteiger partial charge in [-0.25, -0.2) is 8.42 Å². The Balaban J connectivity index is 1.85. The number of sulfone groups is 1. The molecule has 6 heteroatoms. The minimum atomic E-state index is -2.98. The third kappa shape index (κ3) is 4.47. The molecule has 1 saturated heterocycles. The highest BCUT2D eigenvalue weighted by Gasteiger charge is 2.33. The molecule has 1 amide bonds. The van der Waals surface area contributed by atoms with Crippen LogP contribution in [0.2, 0.25) is 0 Å². The van der Waals surface area contributed by atoms with Gasteiger partial charge < -0.3 is 9.64 Å². The molecule has 0 N–H and O–H groups in total. The van der Waals surface area contributed by atoms with Gasteiger partial charge in [0.05, 0.1) is 24.5 Å². The fourth-order valence-corrected chi connectivity index (χ4v) is 4.50. The number of carbonyl (C=O) groups is 1. The van der Waals surface area contributed by atoms with Crippen molar-refractivity contribution in [2.45, 2.75) is 32.7 Å². The lowest BCUT2D eigenvalue weighted by Gasteiger charge is -2.26. The highest BCUT2D eigenvalue weighted by molar-refractivity contribution is 7.91. The quantitative estimate of drug-likeness (QED) is 0.800. The molecule has 1 aromatic rings.